The molecule has 0 bridgehead atoms. The van der Waals surface area contributed by atoms with Crippen molar-refractivity contribution < 1.29 is 5.11 Å². The number of hydrogen-bond donors (Lipinski definition) is 1. The molecule has 1 aliphatic rings. The monoisotopic (exact) mass is 267 g/mol. The Labute approximate surface area is 120 Å². The number of nitrogens with zero attached hydrogens (tertiary/aromatic N) is 1. The Kier molecular flexibility index (Phi) is 4.14. The maximum absolute atomic E-state index is 10.4. The lowest BCUT2D eigenvalue weighted by Crippen LogP contribution is -2.42. The quantitative estimate of drug-likeness (QED) is 0.924. The number of likely N-dealkylation sites (tertiary alicyclic amines) is 1. The van der Waals surface area contributed by atoms with Gasteiger partial charge in [0, 0.05) is 19.0 Å². The van der Waals surface area contributed by atoms with Crippen LogP contribution in [0.3, 0.4) is 0 Å². The number of rotatable bonds is 3. The summed E-state index contributed by atoms with van der Waals surface area (Å²) in [6.45, 7) is 2.74. The van der Waals surface area contributed by atoms with Crippen LogP contribution in [0.5, 0.6) is 0 Å². The molecule has 2 aromatic carbocycles. The number of benzene rings is 2. The molecular formula is C18H21NO. The summed E-state index contributed by atoms with van der Waals surface area (Å²) in [5.74, 6) is 0.281. The third-order valence-electron chi connectivity index (χ3n) is 4.14. The molecule has 1 N–H and O–H groups in total. The highest BCUT2D eigenvalue weighted by atomic mass is 16.3. The maximum Gasteiger partial charge on any atom is 0.0736 e. The van der Waals surface area contributed by atoms with E-state index in [-0.39, 0.29) is 12.0 Å². The Balaban J connectivity index is 1.62. The zero-order valence-corrected chi connectivity index (χ0v) is 11.7. The largest absolute Gasteiger partial charge is 0.391 e. The number of aliphatic hydroxyl groups is 1. The first kappa shape index (κ1) is 13.3. The van der Waals surface area contributed by atoms with Gasteiger partial charge in [0.15, 0.2) is 0 Å². The molecule has 0 aromatic heterocycles. The molecule has 0 spiro atoms. The zero-order valence-electron chi connectivity index (χ0n) is 11.7. The SMILES string of the molecule is O[C@@H]1CN(Cc2ccccc2)CC[C@H]1c1ccccc1. The van der Waals surface area contributed by atoms with Crippen molar-refractivity contribution in [3.63, 3.8) is 0 Å². The van der Waals surface area contributed by atoms with Gasteiger partial charge < -0.3 is 5.11 Å². The molecule has 1 heterocycles. The average molecular weight is 267 g/mol. The minimum absolute atomic E-state index is 0.269. The second-order valence-corrected chi connectivity index (χ2v) is 5.59. The number of piperidine rings is 1. The Morgan fingerprint density at radius 2 is 1.60 bits per heavy atom. The molecule has 1 fully saturated rings. The van der Waals surface area contributed by atoms with E-state index in [4.69, 9.17) is 0 Å². The van der Waals surface area contributed by atoms with Gasteiger partial charge in [0.2, 0.25) is 0 Å². The summed E-state index contributed by atoms with van der Waals surface area (Å²) in [6.07, 6.45) is 0.757. The van der Waals surface area contributed by atoms with Crippen LogP contribution in [0.1, 0.15) is 23.5 Å². The minimum Gasteiger partial charge on any atom is -0.391 e. The van der Waals surface area contributed by atoms with Crippen LogP contribution in [0, 0.1) is 0 Å². The molecule has 104 valence electrons. The second-order valence-electron chi connectivity index (χ2n) is 5.59. The van der Waals surface area contributed by atoms with Crippen LogP contribution in [0.15, 0.2) is 60.7 Å². The van der Waals surface area contributed by atoms with E-state index >= 15 is 0 Å². The number of β-amino-alcohol motifs (C(OH)–C–C–N with tert-alkyl or cyclic N) is 1. The molecule has 0 amide bonds. The third-order valence-corrected chi connectivity index (χ3v) is 4.14. The molecule has 2 nitrogen and oxygen atoms in total. The summed E-state index contributed by atoms with van der Waals surface area (Å²) in [4.78, 5) is 2.35. The van der Waals surface area contributed by atoms with Crippen molar-refractivity contribution in [2.45, 2.75) is 25.0 Å². The fourth-order valence-corrected chi connectivity index (χ4v) is 3.07. The summed E-state index contributed by atoms with van der Waals surface area (Å²) in [5.41, 5.74) is 2.58. The van der Waals surface area contributed by atoms with E-state index in [1.165, 1.54) is 11.1 Å². The van der Waals surface area contributed by atoms with E-state index in [0.717, 1.165) is 26.1 Å². The van der Waals surface area contributed by atoms with Gasteiger partial charge in [0.05, 0.1) is 6.10 Å². The van der Waals surface area contributed by atoms with Crippen molar-refractivity contribution in [3.05, 3.63) is 71.8 Å². The predicted octanol–water partition coefficient (Wildman–Crippen LogP) is 3.04. The van der Waals surface area contributed by atoms with Crippen LogP contribution in [0.25, 0.3) is 0 Å². The lowest BCUT2D eigenvalue weighted by Gasteiger charge is -2.36. The van der Waals surface area contributed by atoms with Crippen LogP contribution in [-0.2, 0) is 6.54 Å². The van der Waals surface area contributed by atoms with Crippen molar-refractivity contribution in [3.8, 4) is 0 Å². The van der Waals surface area contributed by atoms with Crippen LogP contribution < -0.4 is 0 Å². The molecule has 1 saturated heterocycles. The first-order valence-corrected chi connectivity index (χ1v) is 7.32. The standard InChI is InChI=1S/C18H21NO/c20-18-14-19(13-15-7-3-1-4-8-15)12-11-17(18)16-9-5-2-6-10-16/h1-10,17-18,20H,11-14H2/t17-,18+/m0/s1. The number of hydrogen-bond acceptors (Lipinski definition) is 2. The van der Waals surface area contributed by atoms with E-state index in [2.05, 4.69) is 53.4 Å². The zero-order chi connectivity index (χ0) is 13.8. The molecule has 0 radical (unpaired) electrons. The van der Waals surface area contributed by atoms with Crippen LogP contribution >= 0.6 is 0 Å². The van der Waals surface area contributed by atoms with E-state index in [1.807, 2.05) is 12.1 Å². The van der Waals surface area contributed by atoms with Crippen molar-refractivity contribution in [2.75, 3.05) is 13.1 Å². The maximum atomic E-state index is 10.4. The smallest absolute Gasteiger partial charge is 0.0736 e. The van der Waals surface area contributed by atoms with Gasteiger partial charge in [-0.15, -0.1) is 0 Å². The Morgan fingerprint density at radius 1 is 0.950 bits per heavy atom. The van der Waals surface area contributed by atoms with Gasteiger partial charge in [-0.3, -0.25) is 4.90 Å². The van der Waals surface area contributed by atoms with E-state index < -0.39 is 0 Å². The molecule has 2 atom stereocenters. The predicted molar refractivity (Wildman–Crippen MR) is 81.5 cm³/mol. The van der Waals surface area contributed by atoms with Gasteiger partial charge in [-0.25, -0.2) is 0 Å². The number of aliphatic hydroxyl groups excluding tert-OH is 1. The van der Waals surface area contributed by atoms with Gasteiger partial charge in [0.25, 0.3) is 0 Å². The summed E-state index contributed by atoms with van der Waals surface area (Å²) in [6, 6.07) is 20.9. The van der Waals surface area contributed by atoms with Crippen molar-refractivity contribution >= 4 is 0 Å². The average Bonchev–Trinajstić information content (AvgIpc) is 2.49. The van der Waals surface area contributed by atoms with Gasteiger partial charge in [-0.05, 0) is 24.1 Å². The lowest BCUT2D eigenvalue weighted by molar-refractivity contribution is 0.0477. The highest BCUT2D eigenvalue weighted by Gasteiger charge is 2.28. The molecule has 3 rings (SSSR count). The van der Waals surface area contributed by atoms with E-state index in [9.17, 15) is 5.11 Å². The fraction of sp³-hybridized carbons (Fsp3) is 0.333. The summed E-state index contributed by atoms with van der Waals surface area (Å²) < 4.78 is 0. The molecule has 2 aromatic rings. The Bertz CT molecular complexity index is 526. The topological polar surface area (TPSA) is 23.5 Å². The Hall–Kier alpha value is -1.64. The van der Waals surface area contributed by atoms with Crippen LogP contribution in [-0.4, -0.2) is 29.2 Å². The van der Waals surface area contributed by atoms with Gasteiger partial charge in [0.1, 0.15) is 0 Å². The van der Waals surface area contributed by atoms with Crippen molar-refractivity contribution in [1.29, 1.82) is 0 Å². The van der Waals surface area contributed by atoms with E-state index in [1.54, 1.807) is 0 Å². The molecular weight excluding hydrogens is 246 g/mol. The van der Waals surface area contributed by atoms with Gasteiger partial charge in [-0.1, -0.05) is 60.7 Å². The van der Waals surface area contributed by atoms with Crippen molar-refractivity contribution in [1.82, 2.24) is 4.90 Å². The molecule has 0 saturated carbocycles. The molecule has 0 unspecified atom stereocenters. The first-order valence-electron chi connectivity index (χ1n) is 7.32. The molecule has 1 aliphatic heterocycles. The first-order chi connectivity index (χ1) is 9.83. The van der Waals surface area contributed by atoms with E-state index in [0.29, 0.717) is 0 Å². The summed E-state index contributed by atoms with van der Waals surface area (Å²) >= 11 is 0. The van der Waals surface area contributed by atoms with Gasteiger partial charge in [-0.2, -0.15) is 0 Å². The second kappa shape index (κ2) is 6.21. The molecule has 20 heavy (non-hydrogen) atoms. The highest BCUT2D eigenvalue weighted by molar-refractivity contribution is 5.22. The summed E-state index contributed by atoms with van der Waals surface area (Å²) in [5, 5.41) is 10.4. The summed E-state index contributed by atoms with van der Waals surface area (Å²) in [7, 11) is 0. The lowest BCUT2D eigenvalue weighted by atomic mass is 9.87. The van der Waals surface area contributed by atoms with Crippen LogP contribution in [0.4, 0.5) is 0 Å². The Morgan fingerprint density at radius 3 is 2.25 bits per heavy atom. The normalized spacial score (nSPS) is 23.6. The van der Waals surface area contributed by atoms with Crippen LogP contribution in [0.2, 0.25) is 0 Å². The molecule has 0 aliphatic carbocycles. The van der Waals surface area contributed by atoms with Gasteiger partial charge >= 0.3 is 0 Å². The van der Waals surface area contributed by atoms with Crippen molar-refractivity contribution in [2.24, 2.45) is 0 Å². The third kappa shape index (κ3) is 3.09. The molecule has 2 heteroatoms. The highest BCUT2D eigenvalue weighted by Crippen LogP contribution is 2.28. The fourth-order valence-electron chi connectivity index (χ4n) is 3.07. The minimum atomic E-state index is -0.269.